The van der Waals surface area contributed by atoms with Crippen molar-refractivity contribution >= 4 is 11.0 Å². The fourth-order valence-electron chi connectivity index (χ4n) is 2.34. The Morgan fingerprint density at radius 1 is 1.39 bits per heavy atom. The minimum Gasteiger partial charge on any atom is -0.323 e. The van der Waals surface area contributed by atoms with Crippen molar-refractivity contribution in [1.82, 2.24) is 14.9 Å². The third-order valence-corrected chi connectivity index (χ3v) is 3.77. The molecule has 1 saturated carbocycles. The molecule has 0 radical (unpaired) electrons. The average molecular weight is 247 g/mol. The summed E-state index contributed by atoms with van der Waals surface area (Å²) in [5.41, 5.74) is 1.15. The van der Waals surface area contributed by atoms with Gasteiger partial charge in [0.2, 0.25) is 0 Å². The molecule has 1 heterocycles. The van der Waals surface area contributed by atoms with Crippen molar-refractivity contribution in [1.29, 1.82) is 0 Å². The van der Waals surface area contributed by atoms with E-state index < -0.39 is 0 Å². The number of aromatic nitrogens is 2. The van der Waals surface area contributed by atoms with Crippen molar-refractivity contribution in [2.45, 2.75) is 38.3 Å². The van der Waals surface area contributed by atoms with Gasteiger partial charge in [-0.25, -0.2) is 9.37 Å². The van der Waals surface area contributed by atoms with Crippen molar-refractivity contribution in [2.75, 3.05) is 7.05 Å². The van der Waals surface area contributed by atoms with E-state index >= 15 is 0 Å². The highest BCUT2D eigenvalue weighted by atomic mass is 19.1. The lowest BCUT2D eigenvalue weighted by Crippen LogP contribution is -2.36. The van der Waals surface area contributed by atoms with E-state index in [9.17, 15) is 4.39 Å². The second-order valence-electron chi connectivity index (χ2n) is 5.52. The van der Waals surface area contributed by atoms with E-state index in [0.29, 0.717) is 11.6 Å². The largest absolute Gasteiger partial charge is 0.323 e. The first-order chi connectivity index (χ1) is 8.54. The second-order valence-corrected chi connectivity index (χ2v) is 5.52. The number of hydrogen-bond donors (Lipinski definition) is 1. The predicted octanol–water partition coefficient (Wildman–Crippen LogP) is 2.96. The molecule has 1 aromatic heterocycles. The van der Waals surface area contributed by atoms with Gasteiger partial charge in [-0.15, -0.1) is 0 Å². The summed E-state index contributed by atoms with van der Waals surface area (Å²) in [6.45, 7) is 4.15. The summed E-state index contributed by atoms with van der Waals surface area (Å²) in [6.07, 6.45) is 2.32. The summed E-state index contributed by atoms with van der Waals surface area (Å²) in [6, 6.07) is 5.68. The molecule has 0 spiro atoms. The van der Waals surface area contributed by atoms with Crippen LogP contribution in [0.15, 0.2) is 18.2 Å². The SMILES string of the molecule is CNC(C)(C)c1nc2c(F)cccc2n1C1CC1. The van der Waals surface area contributed by atoms with Gasteiger partial charge in [0, 0.05) is 6.04 Å². The smallest absolute Gasteiger partial charge is 0.151 e. The van der Waals surface area contributed by atoms with Crippen LogP contribution in [-0.4, -0.2) is 16.6 Å². The molecular formula is C14H18FN3. The number of fused-ring (bicyclic) bond motifs is 1. The molecule has 0 unspecified atom stereocenters. The number of nitrogens with one attached hydrogen (secondary N) is 1. The maximum absolute atomic E-state index is 13.9. The summed E-state index contributed by atoms with van der Waals surface area (Å²) < 4.78 is 16.1. The van der Waals surface area contributed by atoms with Crippen molar-refractivity contribution in [3.63, 3.8) is 0 Å². The molecule has 96 valence electrons. The van der Waals surface area contributed by atoms with Gasteiger partial charge in [-0.05, 0) is 45.9 Å². The molecule has 0 bridgehead atoms. The van der Waals surface area contributed by atoms with Gasteiger partial charge in [-0.2, -0.15) is 0 Å². The third-order valence-electron chi connectivity index (χ3n) is 3.77. The lowest BCUT2D eigenvalue weighted by atomic mass is 10.1. The van der Waals surface area contributed by atoms with Gasteiger partial charge in [0.25, 0.3) is 0 Å². The van der Waals surface area contributed by atoms with Gasteiger partial charge < -0.3 is 9.88 Å². The van der Waals surface area contributed by atoms with E-state index in [2.05, 4.69) is 28.7 Å². The van der Waals surface area contributed by atoms with Crippen LogP contribution in [0.3, 0.4) is 0 Å². The number of benzene rings is 1. The zero-order chi connectivity index (χ0) is 12.9. The zero-order valence-corrected chi connectivity index (χ0v) is 11.0. The Balaban J connectivity index is 2.30. The van der Waals surface area contributed by atoms with E-state index in [1.54, 1.807) is 6.07 Å². The molecule has 1 N–H and O–H groups in total. The van der Waals surface area contributed by atoms with Crippen LogP contribution < -0.4 is 5.32 Å². The Kier molecular flexibility index (Phi) is 2.45. The van der Waals surface area contributed by atoms with Gasteiger partial charge in [-0.3, -0.25) is 0 Å². The predicted molar refractivity (Wildman–Crippen MR) is 70.0 cm³/mol. The van der Waals surface area contributed by atoms with Crippen LogP contribution in [0.2, 0.25) is 0 Å². The average Bonchev–Trinajstić information content (AvgIpc) is 3.10. The molecular weight excluding hydrogens is 229 g/mol. The quantitative estimate of drug-likeness (QED) is 0.903. The summed E-state index contributed by atoms with van der Waals surface area (Å²) in [4.78, 5) is 4.54. The van der Waals surface area contributed by atoms with E-state index in [1.165, 1.54) is 6.07 Å². The highest BCUT2D eigenvalue weighted by Gasteiger charge is 2.34. The molecule has 0 aliphatic heterocycles. The number of nitrogens with zero attached hydrogens (tertiary/aromatic N) is 2. The van der Waals surface area contributed by atoms with E-state index in [4.69, 9.17) is 0 Å². The van der Waals surface area contributed by atoms with Crippen LogP contribution in [-0.2, 0) is 5.54 Å². The van der Waals surface area contributed by atoms with Crippen molar-refractivity contribution in [3.8, 4) is 0 Å². The minimum absolute atomic E-state index is 0.236. The Labute approximate surface area is 106 Å². The molecule has 0 saturated heterocycles. The fraction of sp³-hybridized carbons (Fsp3) is 0.500. The molecule has 1 fully saturated rings. The number of hydrogen-bond acceptors (Lipinski definition) is 2. The first kappa shape index (κ1) is 11.7. The minimum atomic E-state index is -0.256. The first-order valence-electron chi connectivity index (χ1n) is 6.40. The second kappa shape index (κ2) is 3.79. The van der Waals surface area contributed by atoms with Gasteiger partial charge in [0.05, 0.1) is 11.1 Å². The maximum atomic E-state index is 13.9. The van der Waals surface area contributed by atoms with Crippen LogP contribution in [0.5, 0.6) is 0 Å². The van der Waals surface area contributed by atoms with Gasteiger partial charge in [-0.1, -0.05) is 6.07 Å². The van der Waals surface area contributed by atoms with Crippen LogP contribution in [0.25, 0.3) is 11.0 Å². The lowest BCUT2D eigenvalue weighted by molar-refractivity contribution is 0.398. The maximum Gasteiger partial charge on any atom is 0.151 e. The number of rotatable bonds is 3. The molecule has 1 aliphatic carbocycles. The third kappa shape index (κ3) is 1.63. The summed E-state index contributed by atoms with van der Waals surface area (Å²) in [5.74, 6) is 0.688. The normalized spacial score (nSPS) is 16.4. The van der Waals surface area contributed by atoms with Gasteiger partial charge in [0.1, 0.15) is 11.3 Å². The first-order valence-corrected chi connectivity index (χ1v) is 6.40. The molecule has 1 aliphatic rings. The Bertz CT molecular complexity index is 596. The molecule has 0 amide bonds. The van der Waals surface area contributed by atoms with Crippen molar-refractivity contribution in [3.05, 3.63) is 29.8 Å². The van der Waals surface area contributed by atoms with Gasteiger partial charge in [0.15, 0.2) is 5.82 Å². The van der Waals surface area contributed by atoms with Crippen molar-refractivity contribution < 1.29 is 4.39 Å². The number of imidazole rings is 1. The highest BCUT2D eigenvalue weighted by molar-refractivity contribution is 5.77. The zero-order valence-electron chi connectivity index (χ0n) is 11.0. The van der Waals surface area contributed by atoms with Crippen molar-refractivity contribution in [2.24, 2.45) is 0 Å². The standard InChI is InChI=1S/C14H18FN3/c1-14(2,16-3)13-17-12-10(15)5-4-6-11(12)18(13)9-7-8-9/h4-6,9,16H,7-8H2,1-3H3. The number of para-hydroxylation sites is 1. The van der Waals surface area contributed by atoms with Gasteiger partial charge >= 0.3 is 0 Å². The van der Waals surface area contributed by atoms with Crippen LogP contribution >= 0.6 is 0 Å². The summed E-state index contributed by atoms with van der Waals surface area (Å²) >= 11 is 0. The van der Waals surface area contributed by atoms with Crippen LogP contribution in [0.4, 0.5) is 4.39 Å². The molecule has 0 atom stereocenters. The summed E-state index contributed by atoms with van der Waals surface area (Å²) in [7, 11) is 1.91. The van der Waals surface area contributed by atoms with E-state index in [0.717, 1.165) is 24.2 Å². The van der Waals surface area contributed by atoms with Crippen LogP contribution in [0, 0.1) is 5.82 Å². The fourth-order valence-corrected chi connectivity index (χ4v) is 2.34. The lowest BCUT2D eigenvalue weighted by Gasteiger charge is -2.24. The van der Waals surface area contributed by atoms with E-state index in [1.807, 2.05) is 13.1 Å². The molecule has 3 nitrogen and oxygen atoms in total. The Morgan fingerprint density at radius 3 is 2.72 bits per heavy atom. The number of halogens is 1. The summed E-state index contributed by atoms with van der Waals surface area (Å²) in [5, 5.41) is 3.26. The Hall–Kier alpha value is -1.42. The molecule has 3 rings (SSSR count). The van der Waals surface area contributed by atoms with Crippen LogP contribution in [0.1, 0.15) is 38.6 Å². The monoisotopic (exact) mass is 247 g/mol. The molecule has 18 heavy (non-hydrogen) atoms. The Morgan fingerprint density at radius 2 is 2.11 bits per heavy atom. The highest BCUT2D eigenvalue weighted by Crippen LogP contribution is 2.41. The molecule has 4 heteroatoms. The topological polar surface area (TPSA) is 29.9 Å². The molecule has 1 aromatic carbocycles. The molecule has 2 aromatic rings. The van der Waals surface area contributed by atoms with E-state index in [-0.39, 0.29) is 11.4 Å².